The van der Waals surface area contributed by atoms with Crippen molar-refractivity contribution in [3.8, 4) is 0 Å². The van der Waals surface area contributed by atoms with Crippen molar-refractivity contribution >= 4 is 28.6 Å². The number of carbonyl (C=O) groups is 3. The maximum atomic E-state index is 13.6. The van der Waals surface area contributed by atoms with Crippen LogP contribution < -0.4 is 5.32 Å². The second kappa shape index (κ2) is 8.76. The predicted molar refractivity (Wildman–Crippen MR) is 126 cm³/mol. The summed E-state index contributed by atoms with van der Waals surface area (Å²) in [6.45, 7) is 2.13. The van der Waals surface area contributed by atoms with Crippen LogP contribution in [-0.2, 0) is 15.1 Å². The third-order valence-electron chi connectivity index (χ3n) is 7.16. The summed E-state index contributed by atoms with van der Waals surface area (Å²) in [5.41, 5.74) is 0.0919. The zero-order valence-electron chi connectivity index (χ0n) is 19.3. The monoisotopic (exact) mass is 477 g/mol. The average molecular weight is 478 g/mol. The number of amides is 4. The van der Waals surface area contributed by atoms with Gasteiger partial charge in [-0.05, 0) is 65.8 Å². The van der Waals surface area contributed by atoms with Crippen molar-refractivity contribution in [3.05, 3.63) is 83.4 Å². The van der Waals surface area contributed by atoms with E-state index in [9.17, 15) is 23.2 Å². The fraction of sp³-hybridized carbons (Fsp3) is 0.296. The lowest BCUT2D eigenvalue weighted by Crippen LogP contribution is -2.46. The van der Waals surface area contributed by atoms with Crippen LogP contribution in [0.5, 0.6) is 0 Å². The van der Waals surface area contributed by atoms with Crippen LogP contribution in [-0.4, -0.2) is 47.3 Å². The highest BCUT2D eigenvalue weighted by Gasteiger charge is 2.49. The quantitative estimate of drug-likeness (QED) is 0.570. The van der Waals surface area contributed by atoms with Gasteiger partial charge in [0.15, 0.2) is 11.6 Å². The molecule has 0 spiro atoms. The number of hydrogen-bond donors (Lipinski definition) is 1. The number of benzene rings is 3. The van der Waals surface area contributed by atoms with E-state index in [4.69, 9.17) is 0 Å². The van der Waals surface area contributed by atoms with Crippen LogP contribution in [0, 0.1) is 11.6 Å². The molecule has 1 atom stereocenters. The molecule has 3 aromatic carbocycles. The van der Waals surface area contributed by atoms with Crippen LogP contribution in [0.1, 0.15) is 36.8 Å². The van der Waals surface area contributed by atoms with Crippen LogP contribution in [0.15, 0.2) is 60.7 Å². The van der Waals surface area contributed by atoms with E-state index in [-0.39, 0.29) is 18.4 Å². The van der Waals surface area contributed by atoms with E-state index in [1.807, 2.05) is 42.5 Å². The molecular weight excluding hydrogens is 452 g/mol. The van der Waals surface area contributed by atoms with Gasteiger partial charge in [-0.25, -0.2) is 13.6 Å². The summed E-state index contributed by atoms with van der Waals surface area (Å²) in [6.07, 6.45) is 1.18. The largest absolute Gasteiger partial charge is 0.341 e. The summed E-state index contributed by atoms with van der Waals surface area (Å²) in [5, 5.41) is 4.73. The van der Waals surface area contributed by atoms with Gasteiger partial charge in [0.05, 0.1) is 0 Å². The molecule has 3 aromatic rings. The summed E-state index contributed by atoms with van der Waals surface area (Å²) in [4.78, 5) is 41.5. The van der Waals surface area contributed by atoms with Crippen molar-refractivity contribution in [3.63, 3.8) is 0 Å². The Morgan fingerprint density at radius 3 is 2.40 bits per heavy atom. The molecule has 0 saturated carbocycles. The van der Waals surface area contributed by atoms with Crippen molar-refractivity contribution in [2.75, 3.05) is 19.6 Å². The van der Waals surface area contributed by atoms with Gasteiger partial charge in [0.25, 0.3) is 5.91 Å². The highest BCUT2D eigenvalue weighted by molar-refractivity contribution is 6.09. The fourth-order valence-corrected chi connectivity index (χ4v) is 5.00. The minimum Gasteiger partial charge on any atom is -0.341 e. The minimum atomic E-state index is -1.26. The molecule has 0 aliphatic carbocycles. The topological polar surface area (TPSA) is 69.7 Å². The number of imide groups is 1. The first kappa shape index (κ1) is 23.0. The molecule has 2 saturated heterocycles. The van der Waals surface area contributed by atoms with Crippen LogP contribution in [0.25, 0.3) is 10.8 Å². The van der Waals surface area contributed by atoms with E-state index in [0.29, 0.717) is 37.1 Å². The number of piperidine rings is 1. The van der Waals surface area contributed by atoms with Gasteiger partial charge in [0.1, 0.15) is 12.1 Å². The molecular formula is C27H25F2N3O3. The van der Waals surface area contributed by atoms with E-state index in [2.05, 4.69) is 5.32 Å². The second-order valence-electron chi connectivity index (χ2n) is 9.34. The Bertz CT molecular complexity index is 1340. The lowest BCUT2D eigenvalue weighted by molar-refractivity contribution is -0.139. The summed E-state index contributed by atoms with van der Waals surface area (Å²) < 4.78 is 26.8. The van der Waals surface area contributed by atoms with Gasteiger partial charge in [0, 0.05) is 13.1 Å². The number of fused-ring (bicyclic) bond motifs is 1. The van der Waals surface area contributed by atoms with E-state index < -0.39 is 29.1 Å². The van der Waals surface area contributed by atoms with E-state index in [1.165, 1.54) is 6.07 Å². The number of nitrogens with zero attached hydrogens (tertiary/aromatic N) is 2. The minimum absolute atomic E-state index is 0.0158. The Labute approximate surface area is 201 Å². The van der Waals surface area contributed by atoms with Crippen molar-refractivity contribution in [1.29, 1.82) is 0 Å². The van der Waals surface area contributed by atoms with Crippen LogP contribution in [0.3, 0.4) is 0 Å². The molecule has 4 amide bonds. The summed E-state index contributed by atoms with van der Waals surface area (Å²) in [7, 11) is 0. The van der Waals surface area contributed by atoms with Gasteiger partial charge in [-0.1, -0.05) is 42.5 Å². The molecule has 0 radical (unpaired) electrons. The van der Waals surface area contributed by atoms with Crippen molar-refractivity contribution in [2.45, 2.75) is 31.2 Å². The number of nitrogens with one attached hydrogen (secondary N) is 1. The van der Waals surface area contributed by atoms with Crippen molar-refractivity contribution in [1.82, 2.24) is 15.1 Å². The Morgan fingerprint density at radius 1 is 0.971 bits per heavy atom. The zero-order chi connectivity index (χ0) is 24.7. The van der Waals surface area contributed by atoms with Crippen LogP contribution >= 0.6 is 0 Å². The van der Waals surface area contributed by atoms with Crippen molar-refractivity contribution in [2.24, 2.45) is 0 Å². The molecule has 8 heteroatoms. The molecule has 2 aliphatic heterocycles. The van der Waals surface area contributed by atoms with Crippen LogP contribution in [0.2, 0.25) is 0 Å². The molecule has 2 heterocycles. The zero-order valence-corrected chi connectivity index (χ0v) is 19.3. The number of halogens is 2. The SMILES string of the molecule is CC1(c2ccc3ccccc3c2)NC(=O)N(CC(=O)N2CCC(c3ccc(F)c(F)c3)CC2)C1=O. The maximum absolute atomic E-state index is 13.6. The highest BCUT2D eigenvalue weighted by atomic mass is 19.2. The molecule has 1 N–H and O–H groups in total. The Hall–Kier alpha value is -3.81. The van der Waals surface area contributed by atoms with Gasteiger partial charge in [-0.2, -0.15) is 0 Å². The molecule has 2 aliphatic rings. The predicted octanol–water partition coefficient (Wildman–Crippen LogP) is 4.29. The lowest BCUT2D eigenvalue weighted by Gasteiger charge is -2.33. The number of urea groups is 1. The Morgan fingerprint density at radius 2 is 1.69 bits per heavy atom. The Kier molecular flexibility index (Phi) is 5.75. The summed E-state index contributed by atoms with van der Waals surface area (Å²) >= 11 is 0. The molecule has 0 bridgehead atoms. The molecule has 1 unspecified atom stereocenters. The molecule has 180 valence electrons. The third-order valence-corrected chi connectivity index (χ3v) is 7.16. The smallest absolute Gasteiger partial charge is 0.325 e. The second-order valence-corrected chi connectivity index (χ2v) is 9.34. The molecule has 0 aromatic heterocycles. The Balaban J connectivity index is 1.25. The first-order chi connectivity index (χ1) is 16.8. The summed E-state index contributed by atoms with van der Waals surface area (Å²) in [6, 6.07) is 16.6. The normalized spacial score (nSPS) is 21.0. The number of carbonyl (C=O) groups excluding carboxylic acids is 3. The molecule has 35 heavy (non-hydrogen) atoms. The standard InChI is InChI=1S/C27H25F2N3O3/c1-27(21-8-6-17-4-2-3-5-19(17)14-21)25(34)32(26(35)30-27)16-24(33)31-12-10-18(11-13-31)20-7-9-22(28)23(29)15-20/h2-9,14-15,18H,10-13,16H2,1H3,(H,30,35). The average Bonchev–Trinajstić information content (AvgIpc) is 3.09. The first-order valence-corrected chi connectivity index (χ1v) is 11.6. The van der Waals surface area contributed by atoms with E-state index >= 15 is 0 Å². The van der Waals surface area contributed by atoms with Gasteiger partial charge in [-0.15, -0.1) is 0 Å². The first-order valence-electron chi connectivity index (χ1n) is 11.6. The maximum Gasteiger partial charge on any atom is 0.325 e. The third kappa shape index (κ3) is 4.13. The number of hydrogen-bond acceptors (Lipinski definition) is 3. The summed E-state index contributed by atoms with van der Waals surface area (Å²) in [5.74, 6) is -2.54. The lowest BCUT2D eigenvalue weighted by atomic mass is 9.89. The van der Waals surface area contributed by atoms with Gasteiger partial charge < -0.3 is 10.2 Å². The molecule has 5 rings (SSSR count). The number of likely N-dealkylation sites (tertiary alicyclic amines) is 1. The van der Waals surface area contributed by atoms with Gasteiger partial charge in [0.2, 0.25) is 5.91 Å². The molecule has 2 fully saturated rings. The van der Waals surface area contributed by atoms with Gasteiger partial charge >= 0.3 is 6.03 Å². The molecule has 6 nitrogen and oxygen atoms in total. The van der Waals surface area contributed by atoms with Gasteiger partial charge in [-0.3, -0.25) is 14.5 Å². The fourth-order valence-electron chi connectivity index (χ4n) is 5.00. The van der Waals surface area contributed by atoms with Crippen LogP contribution in [0.4, 0.5) is 13.6 Å². The number of rotatable bonds is 4. The van der Waals surface area contributed by atoms with E-state index in [0.717, 1.165) is 21.7 Å². The van der Waals surface area contributed by atoms with Crippen molar-refractivity contribution < 1.29 is 23.2 Å². The van der Waals surface area contributed by atoms with E-state index in [1.54, 1.807) is 17.9 Å². The highest BCUT2D eigenvalue weighted by Crippen LogP contribution is 2.32.